The van der Waals surface area contributed by atoms with Crippen LogP contribution in [0, 0.1) is 17.3 Å². The second kappa shape index (κ2) is 6.63. The van der Waals surface area contributed by atoms with E-state index >= 15 is 0 Å². The predicted octanol–water partition coefficient (Wildman–Crippen LogP) is 1.68. The van der Waals surface area contributed by atoms with E-state index in [9.17, 15) is 4.79 Å². The van der Waals surface area contributed by atoms with Crippen molar-refractivity contribution < 1.29 is 9.53 Å². The van der Waals surface area contributed by atoms with Gasteiger partial charge in [-0.2, -0.15) is 0 Å². The standard InChI is InChI=1S/C15H26N2O2.ClH/c1-2-19-11-12-3-8-17(10-12)14(18)13-9-15(13)4-6-16-7-5-15;/h12-13,16H,2-11H2,1H3;1H. The van der Waals surface area contributed by atoms with Crippen molar-refractivity contribution in [2.24, 2.45) is 17.3 Å². The van der Waals surface area contributed by atoms with Crippen LogP contribution in [0.4, 0.5) is 0 Å². The molecule has 0 aromatic rings. The SMILES string of the molecule is CCOCC1CCN(C(=O)C2CC23CCNCC3)C1.Cl. The summed E-state index contributed by atoms with van der Waals surface area (Å²) in [5, 5.41) is 3.40. The van der Waals surface area contributed by atoms with Crippen molar-refractivity contribution in [2.45, 2.75) is 32.6 Å². The van der Waals surface area contributed by atoms with Crippen molar-refractivity contribution in [1.29, 1.82) is 0 Å². The molecule has 5 heteroatoms. The summed E-state index contributed by atoms with van der Waals surface area (Å²) < 4.78 is 5.49. The first-order valence-electron chi connectivity index (χ1n) is 7.82. The van der Waals surface area contributed by atoms with Crippen molar-refractivity contribution in [3.05, 3.63) is 0 Å². The molecule has 2 unspecified atom stereocenters. The minimum absolute atomic E-state index is 0. The molecule has 2 saturated heterocycles. The number of carbonyl (C=O) groups excluding carboxylic acids is 1. The highest BCUT2D eigenvalue weighted by Crippen LogP contribution is 2.59. The number of hydrogen-bond acceptors (Lipinski definition) is 3. The number of nitrogens with zero attached hydrogens (tertiary/aromatic N) is 1. The Balaban J connectivity index is 0.00000147. The van der Waals surface area contributed by atoms with Crippen molar-refractivity contribution in [3.63, 3.8) is 0 Å². The lowest BCUT2D eigenvalue weighted by Crippen LogP contribution is -2.35. The van der Waals surface area contributed by atoms with E-state index in [-0.39, 0.29) is 12.4 Å². The summed E-state index contributed by atoms with van der Waals surface area (Å²) >= 11 is 0. The highest BCUT2D eigenvalue weighted by molar-refractivity contribution is 5.85. The fraction of sp³-hybridized carbons (Fsp3) is 0.933. The number of piperidine rings is 1. The van der Waals surface area contributed by atoms with Crippen LogP contribution in [0.5, 0.6) is 0 Å². The van der Waals surface area contributed by atoms with Gasteiger partial charge in [-0.25, -0.2) is 0 Å². The zero-order chi connectivity index (χ0) is 13.3. The van der Waals surface area contributed by atoms with E-state index in [0.29, 0.717) is 23.2 Å². The Morgan fingerprint density at radius 1 is 1.40 bits per heavy atom. The Labute approximate surface area is 128 Å². The zero-order valence-corrected chi connectivity index (χ0v) is 13.2. The molecule has 1 saturated carbocycles. The van der Waals surface area contributed by atoms with Gasteiger partial charge in [0.25, 0.3) is 0 Å². The third-order valence-corrected chi connectivity index (χ3v) is 5.24. The molecule has 1 N–H and O–H groups in total. The van der Waals surface area contributed by atoms with Crippen LogP contribution in [-0.4, -0.2) is 50.2 Å². The van der Waals surface area contributed by atoms with Crippen LogP contribution >= 0.6 is 12.4 Å². The lowest BCUT2D eigenvalue weighted by Gasteiger charge is -2.25. The molecule has 3 rings (SSSR count). The first-order chi connectivity index (χ1) is 9.25. The molecule has 20 heavy (non-hydrogen) atoms. The van der Waals surface area contributed by atoms with E-state index in [1.165, 1.54) is 12.8 Å². The Hall–Kier alpha value is -0.320. The molecule has 0 aromatic heterocycles. The monoisotopic (exact) mass is 302 g/mol. The summed E-state index contributed by atoms with van der Waals surface area (Å²) in [5.41, 5.74) is 0.375. The van der Waals surface area contributed by atoms with Crippen molar-refractivity contribution in [3.8, 4) is 0 Å². The average molecular weight is 303 g/mol. The van der Waals surface area contributed by atoms with Gasteiger partial charge < -0.3 is 15.0 Å². The van der Waals surface area contributed by atoms with Gasteiger partial charge in [-0.3, -0.25) is 4.79 Å². The molecule has 0 bridgehead atoms. The van der Waals surface area contributed by atoms with Crippen LogP contribution < -0.4 is 5.32 Å². The summed E-state index contributed by atoms with van der Waals surface area (Å²) in [5.74, 6) is 1.33. The van der Waals surface area contributed by atoms with E-state index in [4.69, 9.17) is 4.74 Å². The van der Waals surface area contributed by atoms with Crippen LogP contribution in [-0.2, 0) is 9.53 Å². The van der Waals surface area contributed by atoms with Crippen LogP contribution in [0.1, 0.15) is 32.6 Å². The highest BCUT2D eigenvalue weighted by atomic mass is 35.5. The number of halogens is 1. The van der Waals surface area contributed by atoms with Crippen molar-refractivity contribution in [2.75, 3.05) is 39.4 Å². The summed E-state index contributed by atoms with van der Waals surface area (Å²) in [6.07, 6.45) is 4.65. The Kier molecular flexibility index (Phi) is 5.32. The van der Waals surface area contributed by atoms with Gasteiger partial charge in [0.15, 0.2) is 0 Å². The van der Waals surface area contributed by atoms with Crippen LogP contribution in [0.25, 0.3) is 0 Å². The maximum absolute atomic E-state index is 12.6. The van der Waals surface area contributed by atoms with Gasteiger partial charge in [-0.15, -0.1) is 12.4 Å². The Morgan fingerprint density at radius 2 is 2.15 bits per heavy atom. The molecular formula is C15H27ClN2O2. The fourth-order valence-corrected chi connectivity index (χ4v) is 3.85. The van der Waals surface area contributed by atoms with Gasteiger partial charge in [0.1, 0.15) is 0 Å². The van der Waals surface area contributed by atoms with E-state index in [1.807, 2.05) is 6.92 Å². The number of carbonyl (C=O) groups is 1. The third-order valence-electron chi connectivity index (χ3n) is 5.24. The van der Waals surface area contributed by atoms with E-state index < -0.39 is 0 Å². The summed E-state index contributed by atoms with van der Waals surface area (Å²) in [6, 6.07) is 0. The summed E-state index contributed by atoms with van der Waals surface area (Å²) in [7, 11) is 0. The molecule has 2 heterocycles. The molecule has 1 amide bonds. The number of nitrogens with one attached hydrogen (secondary N) is 1. The molecular weight excluding hydrogens is 276 g/mol. The molecule has 3 aliphatic rings. The predicted molar refractivity (Wildman–Crippen MR) is 81.1 cm³/mol. The zero-order valence-electron chi connectivity index (χ0n) is 12.4. The normalized spacial score (nSPS) is 31.1. The molecule has 0 radical (unpaired) electrons. The molecule has 1 aliphatic carbocycles. The van der Waals surface area contributed by atoms with Crippen LogP contribution in [0.15, 0.2) is 0 Å². The number of amides is 1. The minimum atomic E-state index is 0. The number of rotatable bonds is 4. The average Bonchev–Trinajstić information content (AvgIpc) is 2.92. The second-order valence-corrected chi connectivity index (χ2v) is 6.47. The maximum Gasteiger partial charge on any atom is 0.226 e. The molecule has 0 aromatic carbocycles. The van der Waals surface area contributed by atoms with Crippen molar-refractivity contribution in [1.82, 2.24) is 10.2 Å². The van der Waals surface area contributed by atoms with Crippen LogP contribution in [0.2, 0.25) is 0 Å². The van der Waals surface area contributed by atoms with Gasteiger partial charge in [0.2, 0.25) is 5.91 Å². The van der Waals surface area contributed by atoms with Crippen molar-refractivity contribution >= 4 is 18.3 Å². The molecule has 2 atom stereocenters. The van der Waals surface area contributed by atoms with E-state index in [2.05, 4.69) is 10.2 Å². The summed E-state index contributed by atoms with van der Waals surface area (Å²) in [6.45, 7) is 7.69. The quantitative estimate of drug-likeness (QED) is 0.859. The minimum Gasteiger partial charge on any atom is -0.381 e. The smallest absolute Gasteiger partial charge is 0.226 e. The first kappa shape index (κ1) is 16.1. The maximum atomic E-state index is 12.6. The van der Waals surface area contributed by atoms with E-state index in [1.54, 1.807) is 0 Å². The molecule has 3 fully saturated rings. The van der Waals surface area contributed by atoms with Gasteiger partial charge >= 0.3 is 0 Å². The first-order valence-corrected chi connectivity index (χ1v) is 7.82. The topological polar surface area (TPSA) is 41.6 Å². The van der Waals surface area contributed by atoms with E-state index in [0.717, 1.165) is 52.2 Å². The van der Waals surface area contributed by atoms with Crippen LogP contribution in [0.3, 0.4) is 0 Å². The second-order valence-electron chi connectivity index (χ2n) is 6.47. The lowest BCUT2D eigenvalue weighted by molar-refractivity contribution is -0.132. The molecule has 1 spiro atoms. The summed E-state index contributed by atoms with van der Waals surface area (Å²) in [4.78, 5) is 14.7. The molecule has 4 nitrogen and oxygen atoms in total. The fourth-order valence-electron chi connectivity index (χ4n) is 3.85. The number of likely N-dealkylation sites (tertiary alicyclic amines) is 1. The highest BCUT2D eigenvalue weighted by Gasteiger charge is 2.58. The largest absolute Gasteiger partial charge is 0.381 e. The Morgan fingerprint density at radius 3 is 2.85 bits per heavy atom. The van der Waals surface area contributed by atoms with Gasteiger partial charge in [0, 0.05) is 31.5 Å². The number of hydrogen-bond donors (Lipinski definition) is 1. The lowest BCUT2D eigenvalue weighted by atomic mass is 9.91. The van der Waals surface area contributed by atoms with Gasteiger partial charge in [0.05, 0.1) is 6.61 Å². The van der Waals surface area contributed by atoms with Gasteiger partial charge in [-0.1, -0.05) is 0 Å². The molecule has 116 valence electrons. The third kappa shape index (κ3) is 3.12. The number of ether oxygens (including phenoxy) is 1. The van der Waals surface area contributed by atoms with Gasteiger partial charge in [-0.05, 0) is 51.1 Å². The Bertz CT molecular complexity index is 345. The molecule has 2 aliphatic heterocycles.